The number of nitrogens with two attached hydrogens (primary N) is 2. The average molecular weight is 693 g/mol. The molecular formula is C30H53N12O5P. The molecule has 268 valence electrons. The van der Waals surface area contributed by atoms with Crippen molar-refractivity contribution in [3.8, 4) is 0 Å². The minimum Gasteiger partial charge on any atom is -0.383 e. The number of nitrogen functional groups attached to an aromatic ring is 1. The highest BCUT2D eigenvalue weighted by Gasteiger charge is 2.25. The Kier molecular flexibility index (Phi) is 15.0. The van der Waals surface area contributed by atoms with Crippen LogP contribution in [0.15, 0.2) is 12.3 Å². The van der Waals surface area contributed by atoms with Crippen LogP contribution in [0.4, 0.5) is 17.6 Å². The third-order valence-electron chi connectivity index (χ3n) is 8.74. The van der Waals surface area contributed by atoms with Gasteiger partial charge in [-0.1, -0.05) is 24.5 Å². The second kappa shape index (κ2) is 19.1. The number of Topliss-reactive ketones (excluding diaryl/α,β-unsaturated/α-hetero) is 1. The number of amides is 1. The van der Waals surface area contributed by atoms with Gasteiger partial charge in [-0.05, 0) is 51.7 Å². The molecule has 18 heteroatoms. The smallest absolute Gasteiger partial charge is 0.326 e. The minimum atomic E-state index is -4.27. The summed E-state index contributed by atoms with van der Waals surface area (Å²) in [5.41, 5.74) is 12.7. The number of carbonyl (C=O) groups excluding carboxylic acids is 2. The van der Waals surface area contributed by atoms with Crippen LogP contribution >= 0.6 is 7.60 Å². The Morgan fingerprint density at radius 3 is 2.52 bits per heavy atom. The molecule has 3 heterocycles. The van der Waals surface area contributed by atoms with Gasteiger partial charge in [-0.25, -0.2) is 0 Å². The number of aryl methyl sites for hydroxylation is 1. The number of aromatic nitrogens is 5. The van der Waals surface area contributed by atoms with Gasteiger partial charge in [-0.3, -0.25) is 18.8 Å². The van der Waals surface area contributed by atoms with E-state index >= 15 is 0 Å². The summed E-state index contributed by atoms with van der Waals surface area (Å²) in [6, 6.07) is 1.48. The van der Waals surface area contributed by atoms with E-state index in [-0.39, 0.29) is 25.2 Å². The lowest BCUT2D eigenvalue weighted by Gasteiger charge is -2.35. The summed E-state index contributed by atoms with van der Waals surface area (Å²) in [4.78, 5) is 55.3. The molecule has 2 aromatic rings. The maximum absolute atomic E-state index is 12.7. The number of nitrogens with zero attached hydrogens (tertiary/aromatic N) is 7. The molecule has 1 aliphatic carbocycles. The van der Waals surface area contributed by atoms with Gasteiger partial charge in [0.25, 0.3) is 0 Å². The van der Waals surface area contributed by atoms with Crippen LogP contribution in [0.2, 0.25) is 0 Å². The SMILES string of the molecule is Nc1cc(N2CCN(C(=O)CC[C@H](N)C(=O)CCP(=O)(O)O)CC2)nc(NCc2cn(CCCNCCCNC3CCCCC3)nn2)n1. The van der Waals surface area contributed by atoms with Crippen molar-refractivity contribution in [1.29, 1.82) is 0 Å². The van der Waals surface area contributed by atoms with Crippen LogP contribution in [0.5, 0.6) is 0 Å². The van der Waals surface area contributed by atoms with Crippen molar-refractivity contribution in [2.75, 3.05) is 67.9 Å². The van der Waals surface area contributed by atoms with Gasteiger partial charge in [0.2, 0.25) is 11.9 Å². The first-order valence-electron chi connectivity index (χ1n) is 17.1. The number of rotatable bonds is 20. The normalized spacial score (nSPS) is 16.6. The van der Waals surface area contributed by atoms with Crippen molar-refractivity contribution < 1.29 is 23.9 Å². The Labute approximate surface area is 282 Å². The van der Waals surface area contributed by atoms with Gasteiger partial charge in [0.15, 0.2) is 0 Å². The molecule has 1 saturated carbocycles. The molecule has 1 saturated heterocycles. The fourth-order valence-electron chi connectivity index (χ4n) is 5.93. The van der Waals surface area contributed by atoms with E-state index in [0.717, 1.165) is 44.7 Å². The standard InChI is InChI=1S/C30H53N12O5P/c31-25(26(43)10-19-48(45,46)47)8-9-29(44)41-17-15-40(16-18-41)28-20-27(32)36-30(37-28)35-21-24-22-42(39-38-24)14-5-12-33-11-4-13-34-23-6-2-1-3-7-23/h20,22-23,25,33-34H,1-19,21,31H2,(H2,45,46,47)(H3,32,35,36,37)/t25-/m0/s1. The summed E-state index contributed by atoms with van der Waals surface area (Å²) >= 11 is 0. The molecule has 2 aliphatic rings. The first-order chi connectivity index (χ1) is 23.1. The van der Waals surface area contributed by atoms with Gasteiger partial charge in [-0.2, -0.15) is 9.97 Å². The first-order valence-corrected chi connectivity index (χ1v) is 18.9. The van der Waals surface area contributed by atoms with E-state index in [1.165, 1.54) is 32.1 Å². The first kappa shape index (κ1) is 37.6. The maximum Gasteiger partial charge on any atom is 0.326 e. The quantitative estimate of drug-likeness (QED) is 0.0736. The Bertz CT molecular complexity index is 1340. The summed E-state index contributed by atoms with van der Waals surface area (Å²) in [5.74, 6) is 0.755. The van der Waals surface area contributed by atoms with Gasteiger partial charge in [0, 0.05) is 57.7 Å². The largest absolute Gasteiger partial charge is 0.383 e. The maximum atomic E-state index is 12.7. The van der Waals surface area contributed by atoms with Crippen LogP contribution in [0.25, 0.3) is 0 Å². The average Bonchev–Trinajstić information content (AvgIpc) is 3.53. The monoisotopic (exact) mass is 692 g/mol. The third-order valence-corrected chi connectivity index (χ3v) is 9.55. The zero-order chi connectivity index (χ0) is 34.4. The molecule has 2 fully saturated rings. The highest BCUT2D eigenvalue weighted by Crippen LogP contribution is 2.35. The second-order valence-corrected chi connectivity index (χ2v) is 14.4. The van der Waals surface area contributed by atoms with Gasteiger partial charge in [0.1, 0.15) is 23.1 Å². The van der Waals surface area contributed by atoms with Crippen molar-refractivity contribution in [2.24, 2.45) is 5.73 Å². The van der Waals surface area contributed by atoms with Crippen molar-refractivity contribution in [1.82, 2.24) is 40.5 Å². The van der Waals surface area contributed by atoms with Gasteiger partial charge >= 0.3 is 7.60 Å². The molecule has 2 aromatic heterocycles. The number of anilines is 3. The Morgan fingerprint density at radius 2 is 1.77 bits per heavy atom. The minimum absolute atomic E-state index is 0.0804. The lowest BCUT2D eigenvalue weighted by Crippen LogP contribution is -2.49. The molecule has 0 spiro atoms. The second-order valence-electron chi connectivity index (χ2n) is 12.7. The van der Waals surface area contributed by atoms with Crippen LogP contribution in [-0.4, -0.2) is 115 Å². The molecular weight excluding hydrogens is 639 g/mol. The molecule has 0 unspecified atom stereocenters. The van der Waals surface area contributed by atoms with Gasteiger partial charge < -0.3 is 47.0 Å². The van der Waals surface area contributed by atoms with Crippen LogP contribution in [0.1, 0.15) is 69.9 Å². The summed E-state index contributed by atoms with van der Waals surface area (Å²) in [6.45, 7) is 6.17. The summed E-state index contributed by atoms with van der Waals surface area (Å²) in [5, 5.41) is 18.9. The predicted molar refractivity (Wildman–Crippen MR) is 183 cm³/mol. The van der Waals surface area contributed by atoms with Crippen molar-refractivity contribution in [2.45, 2.75) is 89.4 Å². The fraction of sp³-hybridized carbons (Fsp3) is 0.733. The molecule has 48 heavy (non-hydrogen) atoms. The van der Waals surface area contributed by atoms with Crippen LogP contribution in [-0.2, 0) is 27.2 Å². The topological polar surface area (TPSA) is 243 Å². The summed E-state index contributed by atoms with van der Waals surface area (Å²) in [6.07, 6.45) is 10.1. The number of hydrogen-bond donors (Lipinski definition) is 7. The van der Waals surface area contributed by atoms with Crippen LogP contribution < -0.4 is 32.3 Å². The molecule has 17 nitrogen and oxygen atoms in total. The Balaban J connectivity index is 1.11. The van der Waals surface area contributed by atoms with Crippen LogP contribution in [0.3, 0.4) is 0 Å². The van der Waals surface area contributed by atoms with E-state index in [1.54, 1.807) is 11.0 Å². The van der Waals surface area contributed by atoms with E-state index in [9.17, 15) is 14.2 Å². The van der Waals surface area contributed by atoms with Crippen LogP contribution in [0, 0.1) is 0 Å². The number of carbonyl (C=O) groups is 2. The summed E-state index contributed by atoms with van der Waals surface area (Å²) < 4.78 is 12.8. The molecule has 1 aliphatic heterocycles. The lowest BCUT2D eigenvalue weighted by atomic mass is 9.95. The van der Waals surface area contributed by atoms with E-state index < -0.39 is 25.6 Å². The molecule has 4 rings (SSSR count). The van der Waals surface area contributed by atoms with Crippen molar-refractivity contribution >= 4 is 36.9 Å². The fourth-order valence-corrected chi connectivity index (χ4v) is 6.45. The highest BCUT2D eigenvalue weighted by molar-refractivity contribution is 7.51. The molecule has 0 radical (unpaired) electrons. The van der Waals surface area contributed by atoms with E-state index in [0.29, 0.717) is 56.3 Å². The zero-order valence-electron chi connectivity index (χ0n) is 27.8. The van der Waals surface area contributed by atoms with E-state index in [4.69, 9.17) is 21.3 Å². The summed E-state index contributed by atoms with van der Waals surface area (Å²) in [7, 11) is -4.27. The Morgan fingerprint density at radius 1 is 1.02 bits per heavy atom. The van der Waals surface area contributed by atoms with Gasteiger partial charge in [0.05, 0.1) is 24.9 Å². The zero-order valence-corrected chi connectivity index (χ0v) is 28.7. The number of hydrogen-bond acceptors (Lipinski definition) is 13. The van der Waals surface area contributed by atoms with Gasteiger partial charge in [-0.15, -0.1) is 5.10 Å². The molecule has 0 aromatic carbocycles. The van der Waals surface area contributed by atoms with Crippen molar-refractivity contribution in [3.63, 3.8) is 0 Å². The molecule has 1 amide bonds. The van der Waals surface area contributed by atoms with E-state index in [1.807, 2.05) is 15.8 Å². The molecule has 0 bridgehead atoms. The van der Waals surface area contributed by atoms with Crippen molar-refractivity contribution in [3.05, 3.63) is 18.0 Å². The Hall–Kier alpha value is -3.21. The third kappa shape index (κ3) is 13.4. The lowest BCUT2D eigenvalue weighted by molar-refractivity contribution is -0.131. The number of piperazine rings is 1. The number of nitrogens with one attached hydrogen (secondary N) is 3. The molecule has 9 N–H and O–H groups in total. The number of ketones is 1. The predicted octanol–water partition coefficient (Wildman–Crippen LogP) is 0.448. The van der Waals surface area contributed by atoms with E-state index in [2.05, 4.69) is 36.2 Å². The molecule has 1 atom stereocenters. The highest BCUT2D eigenvalue weighted by atomic mass is 31.2.